The number of nitrogen functional groups attached to an aromatic ring is 1. The van der Waals surface area contributed by atoms with Gasteiger partial charge in [-0.15, -0.1) is 0 Å². The quantitative estimate of drug-likeness (QED) is 0.843. The molecule has 0 amide bonds. The van der Waals surface area contributed by atoms with Crippen LogP contribution >= 0.6 is 11.5 Å². The molecule has 0 saturated heterocycles. The Morgan fingerprint density at radius 2 is 1.87 bits per heavy atom. The molecule has 15 heavy (non-hydrogen) atoms. The summed E-state index contributed by atoms with van der Waals surface area (Å²) in [4.78, 5) is 3.11. The van der Waals surface area contributed by atoms with Crippen molar-refractivity contribution in [2.45, 2.75) is 0 Å². The fourth-order valence-corrected chi connectivity index (χ4v) is 2.05. The van der Waals surface area contributed by atoms with Crippen molar-refractivity contribution >= 4 is 22.9 Å². The van der Waals surface area contributed by atoms with Crippen LogP contribution in [0, 0.1) is 0 Å². The minimum absolute atomic E-state index is 0.748. The molecule has 3 nitrogen and oxygen atoms in total. The Morgan fingerprint density at radius 1 is 1.20 bits per heavy atom. The Kier molecular flexibility index (Phi) is 2.60. The van der Waals surface area contributed by atoms with Crippen LogP contribution in [0.25, 0.3) is 10.4 Å². The van der Waals surface area contributed by atoms with Crippen molar-refractivity contribution in [3.63, 3.8) is 0 Å². The van der Waals surface area contributed by atoms with Crippen LogP contribution in [0.4, 0.5) is 11.4 Å². The van der Waals surface area contributed by atoms with Crippen molar-refractivity contribution in [1.82, 2.24) is 4.37 Å². The van der Waals surface area contributed by atoms with Gasteiger partial charge in [0.2, 0.25) is 0 Å². The summed E-state index contributed by atoms with van der Waals surface area (Å²) in [7, 11) is 4.05. The molecule has 1 aromatic heterocycles. The summed E-state index contributed by atoms with van der Waals surface area (Å²) >= 11 is 1.43. The predicted molar refractivity (Wildman–Crippen MR) is 66.3 cm³/mol. The molecule has 0 fully saturated rings. The molecule has 1 aromatic carbocycles. The first-order valence-corrected chi connectivity index (χ1v) is 5.44. The zero-order chi connectivity index (χ0) is 10.8. The van der Waals surface area contributed by atoms with Crippen LogP contribution in [-0.4, -0.2) is 18.5 Å². The van der Waals surface area contributed by atoms with Gasteiger partial charge in [0, 0.05) is 19.8 Å². The standard InChI is InChI=1S/C11H13N3S/c1-14(2)9-5-3-8(4-6-9)11-10(12)7-13-15-11/h3-7H,12H2,1-2H3. The molecule has 2 rings (SSSR count). The molecule has 0 aliphatic heterocycles. The molecule has 0 atom stereocenters. The third kappa shape index (κ3) is 1.94. The van der Waals surface area contributed by atoms with Crippen molar-refractivity contribution in [2.75, 3.05) is 24.7 Å². The maximum absolute atomic E-state index is 5.81. The molecule has 0 spiro atoms. The Labute approximate surface area is 93.3 Å². The fraction of sp³-hybridized carbons (Fsp3) is 0.182. The first kappa shape index (κ1) is 9.98. The first-order chi connectivity index (χ1) is 7.18. The van der Waals surface area contributed by atoms with E-state index in [1.165, 1.54) is 17.2 Å². The van der Waals surface area contributed by atoms with E-state index in [1.807, 2.05) is 14.1 Å². The molecule has 2 aromatic rings. The van der Waals surface area contributed by atoms with Gasteiger partial charge < -0.3 is 10.6 Å². The van der Waals surface area contributed by atoms with Crippen LogP contribution in [-0.2, 0) is 0 Å². The van der Waals surface area contributed by atoms with E-state index >= 15 is 0 Å². The number of hydrogen-bond donors (Lipinski definition) is 1. The van der Waals surface area contributed by atoms with E-state index in [9.17, 15) is 0 Å². The highest BCUT2D eigenvalue weighted by Crippen LogP contribution is 2.30. The summed E-state index contributed by atoms with van der Waals surface area (Å²) in [5, 5.41) is 0. The second-order valence-electron chi connectivity index (χ2n) is 3.55. The number of rotatable bonds is 2. The Balaban J connectivity index is 2.36. The van der Waals surface area contributed by atoms with Crippen LogP contribution in [0.2, 0.25) is 0 Å². The molecule has 0 bridgehead atoms. The molecule has 4 heteroatoms. The normalized spacial score (nSPS) is 10.3. The van der Waals surface area contributed by atoms with E-state index in [0.717, 1.165) is 16.1 Å². The van der Waals surface area contributed by atoms with Crippen LogP contribution in [0.1, 0.15) is 0 Å². The van der Waals surface area contributed by atoms with Crippen LogP contribution in [0.5, 0.6) is 0 Å². The second-order valence-corrected chi connectivity index (χ2v) is 4.35. The van der Waals surface area contributed by atoms with Crippen LogP contribution < -0.4 is 10.6 Å². The van der Waals surface area contributed by atoms with Gasteiger partial charge in [-0.1, -0.05) is 12.1 Å². The molecule has 1 heterocycles. The summed E-state index contributed by atoms with van der Waals surface area (Å²) in [5.41, 5.74) is 8.86. The van der Waals surface area contributed by atoms with Gasteiger partial charge >= 0.3 is 0 Å². The highest BCUT2D eigenvalue weighted by molar-refractivity contribution is 7.10. The summed E-state index contributed by atoms with van der Waals surface area (Å²) in [6.07, 6.45) is 1.69. The number of nitrogens with zero attached hydrogens (tertiary/aromatic N) is 2. The molecule has 0 unspecified atom stereocenters. The molecule has 0 aliphatic rings. The van der Waals surface area contributed by atoms with Crippen LogP contribution in [0.3, 0.4) is 0 Å². The Bertz CT molecular complexity index is 445. The van der Waals surface area contributed by atoms with Gasteiger partial charge in [0.1, 0.15) is 0 Å². The average molecular weight is 219 g/mol. The zero-order valence-corrected chi connectivity index (χ0v) is 9.58. The summed E-state index contributed by atoms with van der Waals surface area (Å²) in [6, 6.07) is 8.29. The SMILES string of the molecule is CN(C)c1ccc(-c2sncc2N)cc1. The molecular formula is C11H13N3S. The van der Waals surface area contributed by atoms with Crippen LogP contribution in [0.15, 0.2) is 30.5 Å². The smallest absolute Gasteiger partial charge is 0.0779 e. The first-order valence-electron chi connectivity index (χ1n) is 4.66. The molecule has 0 radical (unpaired) electrons. The largest absolute Gasteiger partial charge is 0.396 e. The van der Waals surface area contributed by atoms with E-state index in [4.69, 9.17) is 5.73 Å². The topological polar surface area (TPSA) is 42.2 Å². The van der Waals surface area contributed by atoms with Gasteiger partial charge in [0.15, 0.2) is 0 Å². The second kappa shape index (κ2) is 3.90. The van der Waals surface area contributed by atoms with Gasteiger partial charge in [-0.25, -0.2) is 0 Å². The highest BCUT2D eigenvalue weighted by Gasteiger charge is 2.05. The minimum Gasteiger partial charge on any atom is -0.396 e. The number of anilines is 2. The Morgan fingerprint density at radius 3 is 2.33 bits per heavy atom. The summed E-state index contributed by atoms with van der Waals surface area (Å²) < 4.78 is 4.06. The minimum atomic E-state index is 0.748. The van der Waals surface area contributed by atoms with Crippen molar-refractivity contribution in [2.24, 2.45) is 0 Å². The van der Waals surface area contributed by atoms with Gasteiger partial charge in [-0.3, -0.25) is 0 Å². The summed E-state index contributed by atoms with van der Waals surface area (Å²) in [6.45, 7) is 0. The van der Waals surface area contributed by atoms with Crippen molar-refractivity contribution in [3.05, 3.63) is 30.5 Å². The average Bonchev–Trinajstić information content (AvgIpc) is 2.65. The van der Waals surface area contributed by atoms with Gasteiger partial charge in [-0.2, -0.15) is 4.37 Å². The van der Waals surface area contributed by atoms with Gasteiger partial charge in [0.25, 0.3) is 0 Å². The van der Waals surface area contributed by atoms with Crippen molar-refractivity contribution in [3.8, 4) is 10.4 Å². The lowest BCUT2D eigenvalue weighted by atomic mass is 10.1. The van der Waals surface area contributed by atoms with E-state index in [-0.39, 0.29) is 0 Å². The van der Waals surface area contributed by atoms with Crippen molar-refractivity contribution < 1.29 is 0 Å². The third-order valence-corrected chi connectivity index (χ3v) is 3.11. The van der Waals surface area contributed by atoms with E-state index < -0.39 is 0 Å². The predicted octanol–water partition coefficient (Wildman–Crippen LogP) is 2.46. The molecular weight excluding hydrogens is 206 g/mol. The maximum Gasteiger partial charge on any atom is 0.0779 e. The third-order valence-electron chi connectivity index (χ3n) is 2.24. The lowest BCUT2D eigenvalue weighted by Crippen LogP contribution is -2.07. The van der Waals surface area contributed by atoms with E-state index in [1.54, 1.807) is 6.20 Å². The van der Waals surface area contributed by atoms with E-state index in [0.29, 0.717) is 0 Å². The summed E-state index contributed by atoms with van der Waals surface area (Å²) in [5.74, 6) is 0. The Hall–Kier alpha value is -1.55. The maximum atomic E-state index is 5.81. The molecule has 0 saturated carbocycles. The number of aromatic nitrogens is 1. The fourth-order valence-electron chi connectivity index (χ4n) is 1.38. The van der Waals surface area contributed by atoms with Gasteiger partial charge in [0.05, 0.1) is 16.8 Å². The zero-order valence-electron chi connectivity index (χ0n) is 8.77. The number of benzene rings is 1. The lowest BCUT2D eigenvalue weighted by Gasteiger charge is -2.12. The van der Waals surface area contributed by atoms with Crippen molar-refractivity contribution in [1.29, 1.82) is 0 Å². The number of nitrogens with two attached hydrogens (primary N) is 1. The van der Waals surface area contributed by atoms with Gasteiger partial charge in [-0.05, 0) is 29.2 Å². The molecule has 78 valence electrons. The molecule has 0 aliphatic carbocycles. The molecule has 2 N–H and O–H groups in total. The number of hydrogen-bond acceptors (Lipinski definition) is 4. The monoisotopic (exact) mass is 219 g/mol. The van der Waals surface area contributed by atoms with E-state index in [2.05, 4.69) is 33.5 Å². The highest BCUT2D eigenvalue weighted by atomic mass is 32.1. The lowest BCUT2D eigenvalue weighted by molar-refractivity contribution is 1.13.